The Morgan fingerprint density at radius 2 is 1.93 bits per heavy atom. The van der Waals surface area contributed by atoms with Gasteiger partial charge in [0.2, 0.25) is 0 Å². The lowest BCUT2D eigenvalue weighted by molar-refractivity contribution is 0.135. The van der Waals surface area contributed by atoms with Gasteiger partial charge >= 0.3 is 0 Å². The largest absolute Gasteiger partial charge is 0.490 e. The van der Waals surface area contributed by atoms with Crippen LogP contribution in [-0.4, -0.2) is 6.10 Å². The standard InChI is InChI=1S/C13H17BrO/c1-10-5-7-12(8-6-10)15-13-4-2-3-11(14)9-13/h2-4,9-10,12H,5-8H2,1H3. The summed E-state index contributed by atoms with van der Waals surface area (Å²) in [5.74, 6) is 1.87. The van der Waals surface area contributed by atoms with Crippen LogP contribution in [0.5, 0.6) is 5.75 Å². The molecular weight excluding hydrogens is 252 g/mol. The maximum Gasteiger partial charge on any atom is 0.120 e. The van der Waals surface area contributed by atoms with Gasteiger partial charge in [-0.3, -0.25) is 0 Å². The highest BCUT2D eigenvalue weighted by molar-refractivity contribution is 9.10. The fourth-order valence-corrected chi connectivity index (χ4v) is 2.46. The molecule has 1 aliphatic carbocycles. The van der Waals surface area contributed by atoms with Gasteiger partial charge < -0.3 is 4.74 Å². The first-order chi connectivity index (χ1) is 7.24. The van der Waals surface area contributed by atoms with Crippen molar-refractivity contribution in [2.45, 2.75) is 38.7 Å². The van der Waals surface area contributed by atoms with Crippen molar-refractivity contribution in [3.8, 4) is 5.75 Å². The van der Waals surface area contributed by atoms with Crippen LogP contribution < -0.4 is 4.74 Å². The van der Waals surface area contributed by atoms with Crippen molar-refractivity contribution in [1.29, 1.82) is 0 Å². The minimum Gasteiger partial charge on any atom is -0.490 e. The summed E-state index contributed by atoms with van der Waals surface area (Å²) in [6.07, 6.45) is 5.44. The van der Waals surface area contributed by atoms with Crippen LogP contribution in [-0.2, 0) is 0 Å². The number of hydrogen-bond acceptors (Lipinski definition) is 1. The molecule has 0 aliphatic heterocycles. The number of rotatable bonds is 2. The predicted molar refractivity (Wildman–Crippen MR) is 66.2 cm³/mol. The van der Waals surface area contributed by atoms with E-state index in [2.05, 4.69) is 22.9 Å². The second-order valence-electron chi connectivity index (χ2n) is 4.46. The molecular formula is C13H17BrO. The molecule has 0 heterocycles. The molecule has 0 spiro atoms. The molecule has 0 N–H and O–H groups in total. The van der Waals surface area contributed by atoms with Crippen LogP contribution in [0, 0.1) is 5.92 Å². The molecule has 0 unspecified atom stereocenters. The maximum absolute atomic E-state index is 5.95. The van der Waals surface area contributed by atoms with Crippen LogP contribution >= 0.6 is 15.9 Å². The highest BCUT2D eigenvalue weighted by Crippen LogP contribution is 2.28. The summed E-state index contributed by atoms with van der Waals surface area (Å²) in [4.78, 5) is 0. The molecule has 2 heteroatoms. The topological polar surface area (TPSA) is 9.23 Å². The first-order valence-corrected chi connectivity index (χ1v) is 6.45. The third-order valence-corrected chi connectivity index (χ3v) is 3.55. The molecule has 0 amide bonds. The average Bonchev–Trinajstić information content (AvgIpc) is 2.22. The third kappa shape index (κ3) is 3.23. The monoisotopic (exact) mass is 268 g/mol. The summed E-state index contributed by atoms with van der Waals surface area (Å²) in [6.45, 7) is 2.33. The van der Waals surface area contributed by atoms with E-state index in [1.54, 1.807) is 0 Å². The van der Waals surface area contributed by atoms with E-state index < -0.39 is 0 Å². The Kier molecular flexibility index (Phi) is 3.68. The van der Waals surface area contributed by atoms with Gasteiger partial charge in [0.15, 0.2) is 0 Å². The van der Waals surface area contributed by atoms with Crippen LogP contribution in [0.2, 0.25) is 0 Å². The molecule has 1 fully saturated rings. The van der Waals surface area contributed by atoms with Crippen molar-refractivity contribution in [3.05, 3.63) is 28.7 Å². The summed E-state index contributed by atoms with van der Waals surface area (Å²) in [6, 6.07) is 8.11. The summed E-state index contributed by atoms with van der Waals surface area (Å²) in [5.41, 5.74) is 0. The van der Waals surface area contributed by atoms with Crippen molar-refractivity contribution in [3.63, 3.8) is 0 Å². The van der Waals surface area contributed by atoms with Crippen LogP contribution in [0.1, 0.15) is 32.6 Å². The Bertz CT molecular complexity index is 316. The SMILES string of the molecule is CC1CCC(Oc2cccc(Br)c2)CC1. The van der Waals surface area contributed by atoms with Gasteiger partial charge in [0, 0.05) is 4.47 Å². The summed E-state index contributed by atoms with van der Waals surface area (Å²) in [7, 11) is 0. The second kappa shape index (κ2) is 5.02. The smallest absolute Gasteiger partial charge is 0.120 e. The molecule has 0 radical (unpaired) electrons. The third-order valence-electron chi connectivity index (χ3n) is 3.06. The first-order valence-electron chi connectivity index (χ1n) is 5.66. The van der Waals surface area contributed by atoms with Gasteiger partial charge in [0.25, 0.3) is 0 Å². The summed E-state index contributed by atoms with van der Waals surface area (Å²) < 4.78 is 7.04. The highest BCUT2D eigenvalue weighted by Gasteiger charge is 2.19. The lowest BCUT2D eigenvalue weighted by Crippen LogP contribution is -2.22. The van der Waals surface area contributed by atoms with Gasteiger partial charge in [0.05, 0.1) is 6.10 Å². The van der Waals surface area contributed by atoms with Crippen LogP contribution in [0.4, 0.5) is 0 Å². The minimum atomic E-state index is 0.426. The Hall–Kier alpha value is -0.500. The van der Waals surface area contributed by atoms with Crippen molar-refractivity contribution < 1.29 is 4.74 Å². The molecule has 1 saturated carbocycles. The Balaban J connectivity index is 1.92. The first kappa shape index (κ1) is 11.0. The highest BCUT2D eigenvalue weighted by atomic mass is 79.9. The lowest BCUT2D eigenvalue weighted by Gasteiger charge is -2.26. The van der Waals surface area contributed by atoms with E-state index in [0.717, 1.165) is 16.1 Å². The zero-order valence-electron chi connectivity index (χ0n) is 9.08. The van der Waals surface area contributed by atoms with Gasteiger partial charge in [-0.15, -0.1) is 0 Å². The molecule has 0 bridgehead atoms. The van der Waals surface area contributed by atoms with Crippen LogP contribution in [0.25, 0.3) is 0 Å². The fourth-order valence-electron chi connectivity index (χ4n) is 2.08. The molecule has 1 nitrogen and oxygen atoms in total. The summed E-state index contributed by atoms with van der Waals surface area (Å²) >= 11 is 3.46. The quantitative estimate of drug-likeness (QED) is 0.772. The molecule has 0 saturated heterocycles. The van der Waals surface area contributed by atoms with Gasteiger partial charge in [-0.25, -0.2) is 0 Å². The van der Waals surface area contributed by atoms with E-state index in [1.807, 2.05) is 24.3 Å². The maximum atomic E-state index is 5.95. The van der Waals surface area contributed by atoms with Gasteiger partial charge in [-0.1, -0.05) is 28.9 Å². The van der Waals surface area contributed by atoms with Crippen LogP contribution in [0.3, 0.4) is 0 Å². The average molecular weight is 269 g/mol. The van der Waals surface area contributed by atoms with E-state index in [9.17, 15) is 0 Å². The van der Waals surface area contributed by atoms with E-state index in [1.165, 1.54) is 25.7 Å². The van der Waals surface area contributed by atoms with Crippen LogP contribution in [0.15, 0.2) is 28.7 Å². The zero-order valence-corrected chi connectivity index (χ0v) is 10.7. The van der Waals surface area contributed by atoms with Crippen molar-refractivity contribution in [1.82, 2.24) is 0 Å². The Morgan fingerprint density at radius 3 is 2.60 bits per heavy atom. The number of halogens is 1. The molecule has 15 heavy (non-hydrogen) atoms. The Morgan fingerprint density at radius 1 is 1.20 bits per heavy atom. The van der Waals surface area contributed by atoms with Crippen molar-refractivity contribution in [2.75, 3.05) is 0 Å². The van der Waals surface area contributed by atoms with Crippen molar-refractivity contribution in [2.24, 2.45) is 5.92 Å². The van der Waals surface area contributed by atoms with E-state index in [-0.39, 0.29) is 0 Å². The molecule has 82 valence electrons. The molecule has 1 aliphatic rings. The molecule has 2 rings (SSSR count). The minimum absolute atomic E-state index is 0.426. The van der Waals surface area contributed by atoms with E-state index >= 15 is 0 Å². The van der Waals surface area contributed by atoms with Gasteiger partial charge in [-0.2, -0.15) is 0 Å². The molecule has 0 aromatic heterocycles. The zero-order chi connectivity index (χ0) is 10.7. The van der Waals surface area contributed by atoms with E-state index in [4.69, 9.17) is 4.74 Å². The second-order valence-corrected chi connectivity index (χ2v) is 5.37. The number of hydrogen-bond donors (Lipinski definition) is 0. The van der Waals surface area contributed by atoms with Gasteiger partial charge in [-0.05, 0) is 49.8 Å². The number of benzene rings is 1. The van der Waals surface area contributed by atoms with E-state index in [0.29, 0.717) is 6.10 Å². The van der Waals surface area contributed by atoms with Gasteiger partial charge in [0.1, 0.15) is 5.75 Å². The normalized spacial score (nSPS) is 26.3. The molecule has 0 atom stereocenters. The molecule has 1 aromatic carbocycles. The lowest BCUT2D eigenvalue weighted by atomic mass is 9.89. The predicted octanol–water partition coefficient (Wildman–Crippen LogP) is 4.41. The van der Waals surface area contributed by atoms with Crippen molar-refractivity contribution >= 4 is 15.9 Å². The number of ether oxygens (including phenoxy) is 1. The molecule has 1 aromatic rings. The fraction of sp³-hybridized carbons (Fsp3) is 0.538. The Labute approximate surface area is 100.0 Å². The summed E-state index contributed by atoms with van der Waals surface area (Å²) in [5, 5.41) is 0.